The first kappa shape index (κ1) is 7.56. The van der Waals surface area contributed by atoms with Gasteiger partial charge in [-0.05, 0) is 15.9 Å². The molecule has 1 aromatic heterocycles. The van der Waals surface area contributed by atoms with Gasteiger partial charge in [0.2, 0.25) is 0 Å². The summed E-state index contributed by atoms with van der Waals surface area (Å²) in [5.41, 5.74) is 4.68. The number of hydrogen-bond acceptors (Lipinski definition) is 3. The van der Waals surface area contributed by atoms with E-state index in [0.29, 0.717) is 4.47 Å². The second kappa shape index (κ2) is 2.59. The standard InChI is InChI=1S/C4H3BrClN3O/c5-2-1-9(6)4(10)8-3(2)7/h1H,(H2,7,8,10). The predicted octanol–water partition coefficient (Wildman–Crippen LogP) is 0.590. The van der Waals surface area contributed by atoms with Gasteiger partial charge in [0, 0.05) is 18.0 Å². The van der Waals surface area contributed by atoms with Gasteiger partial charge in [0.1, 0.15) is 5.82 Å². The molecule has 1 rings (SSSR count). The highest BCUT2D eigenvalue weighted by Gasteiger charge is 1.99. The number of rotatable bonds is 0. The molecule has 0 fully saturated rings. The van der Waals surface area contributed by atoms with Crippen LogP contribution in [0.2, 0.25) is 0 Å². The quantitative estimate of drug-likeness (QED) is 0.702. The van der Waals surface area contributed by atoms with Gasteiger partial charge >= 0.3 is 5.69 Å². The normalized spacial score (nSPS) is 9.80. The zero-order valence-corrected chi connectivity index (χ0v) is 7.06. The van der Waals surface area contributed by atoms with Gasteiger partial charge in [-0.3, -0.25) is 0 Å². The summed E-state index contributed by atoms with van der Waals surface area (Å²) in [5, 5.41) is 0. The van der Waals surface area contributed by atoms with Gasteiger partial charge in [0.05, 0.1) is 4.47 Å². The number of halogens is 2. The first-order valence-electron chi connectivity index (χ1n) is 2.32. The molecule has 10 heavy (non-hydrogen) atoms. The molecular weight excluding hydrogens is 221 g/mol. The van der Waals surface area contributed by atoms with E-state index in [9.17, 15) is 4.79 Å². The van der Waals surface area contributed by atoms with E-state index >= 15 is 0 Å². The third-order valence-electron chi connectivity index (χ3n) is 0.870. The Morgan fingerprint density at radius 3 is 2.90 bits per heavy atom. The van der Waals surface area contributed by atoms with E-state index < -0.39 is 5.69 Å². The Balaban J connectivity index is 3.43. The molecular formula is C4H3BrClN3O. The Bertz CT molecular complexity index is 310. The van der Waals surface area contributed by atoms with Gasteiger partial charge in [0.25, 0.3) is 0 Å². The Labute approximate surface area is 69.9 Å². The summed E-state index contributed by atoms with van der Waals surface area (Å²) < 4.78 is 1.32. The number of aromatic nitrogens is 2. The second-order valence-corrected chi connectivity index (χ2v) is 2.79. The zero-order valence-electron chi connectivity index (χ0n) is 4.71. The van der Waals surface area contributed by atoms with Gasteiger partial charge in [0.15, 0.2) is 0 Å². The van der Waals surface area contributed by atoms with Crippen molar-refractivity contribution < 1.29 is 0 Å². The van der Waals surface area contributed by atoms with Crippen molar-refractivity contribution in [2.24, 2.45) is 0 Å². The molecule has 0 radical (unpaired) electrons. The summed E-state index contributed by atoms with van der Waals surface area (Å²) in [4.78, 5) is 14.0. The predicted molar refractivity (Wildman–Crippen MR) is 41.9 cm³/mol. The lowest BCUT2D eigenvalue weighted by Gasteiger charge is -1.95. The highest BCUT2D eigenvalue weighted by molar-refractivity contribution is 9.10. The monoisotopic (exact) mass is 223 g/mol. The van der Waals surface area contributed by atoms with Crippen LogP contribution in [0.3, 0.4) is 0 Å². The molecule has 0 amide bonds. The van der Waals surface area contributed by atoms with Crippen molar-refractivity contribution in [2.45, 2.75) is 0 Å². The maximum Gasteiger partial charge on any atom is 0.364 e. The molecule has 2 N–H and O–H groups in total. The summed E-state index contributed by atoms with van der Waals surface area (Å²) in [6, 6.07) is 0. The molecule has 0 aliphatic carbocycles. The first-order valence-corrected chi connectivity index (χ1v) is 3.45. The number of nitrogen functional groups attached to an aromatic ring is 1. The van der Waals surface area contributed by atoms with Crippen LogP contribution in [0.1, 0.15) is 0 Å². The molecule has 6 heteroatoms. The van der Waals surface area contributed by atoms with Gasteiger partial charge in [-0.2, -0.15) is 4.98 Å². The van der Waals surface area contributed by atoms with Crippen LogP contribution in [0.15, 0.2) is 15.5 Å². The van der Waals surface area contributed by atoms with E-state index in [4.69, 9.17) is 17.5 Å². The van der Waals surface area contributed by atoms with Crippen molar-refractivity contribution in [1.82, 2.24) is 9.07 Å². The highest BCUT2D eigenvalue weighted by atomic mass is 79.9. The Kier molecular flexibility index (Phi) is 1.96. The van der Waals surface area contributed by atoms with Crippen molar-refractivity contribution in [3.63, 3.8) is 0 Å². The van der Waals surface area contributed by atoms with E-state index in [1.54, 1.807) is 0 Å². The minimum absolute atomic E-state index is 0.141. The summed E-state index contributed by atoms with van der Waals surface area (Å²) >= 11 is 8.39. The van der Waals surface area contributed by atoms with Crippen molar-refractivity contribution in [1.29, 1.82) is 0 Å². The van der Waals surface area contributed by atoms with Gasteiger partial charge in [-0.1, -0.05) is 0 Å². The number of nitrogens with two attached hydrogens (primary N) is 1. The molecule has 0 bridgehead atoms. The Morgan fingerprint density at radius 2 is 2.40 bits per heavy atom. The molecule has 4 nitrogen and oxygen atoms in total. The SMILES string of the molecule is Nc1nc(=O)n(Cl)cc1Br. The number of anilines is 1. The number of hydrogen-bond donors (Lipinski definition) is 1. The summed E-state index contributed by atoms with van der Waals surface area (Å²) in [7, 11) is 0. The smallest absolute Gasteiger partial charge is 0.364 e. The number of nitrogens with zero attached hydrogens (tertiary/aromatic N) is 2. The fourth-order valence-corrected chi connectivity index (χ4v) is 0.972. The molecule has 0 aromatic carbocycles. The van der Waals surface area contributed by atoms with Crippen LogP contribution in [0, 0.1) is 0 Å². The van der Waals surface area contributed by atoms with Crippen LogP contribution in [0.25, 0.3) is 0 Å². The lowest BCUT2D eigenvalue weighted by Crippen LogP contribution is -2.17. The molecule has 0 spiro atoms. The Hall–Kier alpha value is -0.550. The zero-order chi connectivity index (χ0) is 7.72. The van der Waals surface area contributed by atoms with Crippen molar-refractivity contribution in [2.75, 3.05) is 5.73 Å². The molecule has 1 aromatic rings. The molecule has 0 aliphatic heterocycles. The fourth-order valence-electron chi connectivity index (χ4n) is 0.425. The van der Waals surface area contributed by atoms with Crippen molar-refractivity contribution in [3.8, 4) is 0 Å². The van der Waals surface area contributed by atoms with Crippen LogP contribution in [-0.4, -0.2) is 9.07 Å². The molecule has 54 valence electrons. The van der Waals surface area contributed by atoms with Crippen LogP contribution in [0.4, 0.5) is 5.82 Å². The fraction of sp³-hybridized carbons (Fsp3) is 0. The first-order chi connectivity index (χ1) is 4.61. The van der Waals surface area contributed by atoms with E-state index in [2.05, 4.69) is 20.9 Å². The average molecular weight is 224 g/mol. The maximum absolute atomic E-state index is 10.6. The molecule has 0 aliphatic rings. The van der Waals surface area contributed by atoms with E-state index in [0.717, 1.165) is 4.09 Å². The van der Waals surface area contributed by atoms with Crippen LogP contribution < -0.4 is 11.4 Å². The van der Waals surface area contributed by atoms with Crippen molar-refractivity contribution in [3.05, 3.63) is 21.2 Å². The summed E-state index contributed by atoms with van der Waals surface area (Å²) in [6.07, 6.45) is 1.34. The molecule has 0 unspecified atom stereocenters. The lowest BCUT2D eigenvalue weighted by atomic mass is 10.6. The lowest BCUT2D eigenvalue weighted by molar-refractivity contribution is 1.01. The third kappa shape index (κ3) is 1.30. The minimum Gasteiger partial charge on any atom is -0.383 e. The largest absolute Gasteiger partial charge is 0.383 e. The summed E-state index contributed by atoms with van der Waals surface area (Å²) in [5.74, 6) is 0.141. The van der Waals surface area contributed by atoms with Crippen LogP contribution >= 0.6 is 27.7 Å². The van der Waals surface area contributed by atoms with Gasteiger partial charge in [-0.15, -0.1) is 0 Å². The molecule has 0 saturated carbocycles. The van der Waals surface area contributed by atoms with Crippen molar-refractivity contribution >= 4 is 33.5 Å². The second-order valence-electron chi connectivity index (χ2n) is 1.57. The summed E-state index contributed by atoms with van der Waals surface area (Å²) in [6.45, 7) is 0. The highest BCUT2D eigenvalue weighted by Crippen LogP contribution is 2.12. The minimum atomic E-state index is -0.581. The third-order valence-corrected chi connectivity index (χ3v) is 1.72. The van der Waals surface area contributed by atoms with Crippen LogP contribution in [-0.2, 0) is 0 Å². The van der Waals surface area contributed by atoms with E-state index in [1.807, 2.05) is 0 Å². The van der Waals surface area contributed by atoms with Gasteiger partial charge < -0.3 is 5.73 Å². The maximum atomic E-state index is 10.6. The molecule has 1 heterocycles. The van der Waals surface area contributed by atoms with E-state index in [1.165, 1.54) is 6.20 Å². The Morgan fingerprint density at radius 1 is 1.80 bits per heavy atom. The van der Waals surface area contributed by atoms with E-state index in [-0.39, 0.29) is 5.82 Å². The molecule has 0 saturated heterocycles. The topological polar surface area (TPSA) is 60.9 Å². The molecule has 0 atom stereocenters. The average Bonchev–Trinajstić information content (AvgIpc) is 1.84. The van der Waals surface area contributed by atoms with Gasteiger partial charge in [-0.25, -0.2) is 8.88 Å². The van der Waals surface area contributed by atoms with Crippen LogP contribution in [0.5, 0.6) is 0 Å².